The zero-order chi connectivity index (χ0) is 18.8. The lowest BCUT2D eigenvalue weighted by molar-refractivity contribution is 0.0657. The van der Waals surface area contributed by atoms with Crippen LogP contribution in [-0.4, -0.2) is 49.2 Å². The van der Waals surface area contributed by atoms with Gasteiger partial charge in [0.15, 0.2) is 5.96 Å². The minimum absolute atomic E-state index is 0. The quantitative estimate of drug-likeness (QED) is 0.316. The number of hydrogen-bond acceptors (Lipinski definition) is 3. The molecule has 0 amide bonds. The molecule has 1 heterocycles. The molecule has 2 N–H and O–H groups in total. The molecule has 0 saturated carbocycles. The van der Waals surface area contributed by atoms with Crippen LogP contribution >= 0.6 is 24.0 Å². The molecule has 0 bridgehead atoms. The van der Waals surface area contributed by atoms with E-state index in [1.165, 1.54) is 30.5 Å². The maximum absolute atomic E-state index is 5.70. The molecule has 1 aromatic rings. The first-order valence-electron chi connectivity index (χ1n) is 10.1. The average Bonchev–Trinajstić information content (AvgIpc) is 3.10. The SMILES string of the molecule is CCNC(=NCc1cccc(COC(C)C)c1)NCC1CCCN1CC.I. The number of nitrogens with one attached hydrogen (secondary N) is 2. The van der Waals surface area contributed by atoms with Crippen molar-refractivity contribution in [1.29, 1.82) is 0 Å². The van der Waals surface area contributed by atoms with Crippen molar-refractivity contribution in [2.45, 2.75) is 65.8 Å². The molecule has 0 aliphatic carbocycles. The Labute approximate surface area is 182 Å². The largest absolute Gasteiger partial charge is 0.374 e. The summed E-state index contributed by atoms with van der Waals surface area (Å²) in [5, 5.41) is 6.88. The Kier molecular flexibility index (Phi) is 11.9. The monoisotopic (exact) mass is 488 g/mol. The van der Waals surface area contributed by atoms with Crippen LogP contribution in [0.3, 0.4) is 0 Å². The van der Waals surface area contributed by atoms with Gasteiger partial charge in [-0.1, -0.05) is 31.2 Å². The number of likely N-dealkylation sites (tertiary alicyclic amines) is 1. The van der Waals surface area contributed by atoms with Crippen LogP contribution in [0.4, 0.5) is 0 Å². The molecule has 5 nitrogen and oxygen atoms in total. The average molecular weight is 488 g/mol. The summed E-state index contributed by atoms with van der Waals surface area (Å²) in [7, 11) is 0. The summed E-state index contributed by atoms with van der Waals surface area (Å²) in [5.41, 5.74) is 2.41. The van der Waals surface area contributed by atoms with Crippen molar-refractivity contribution < 1.29 is 4.74 Å². The Morgan fingerprint density at radius 2 is 2.04 bits per heavy atom. The van der Waals surface area contributed by atoms with E-state index in [0.29, 0.717) is 19.2 Å². The summed E-state index contributed by atoms with van der Waals surface area (Å²) in [5.74, 6) is 0.902. The smallest absolute Gasteiger partial charge is 0.191 e. The third-order valence-corrected chi connectivity index (χ3v) is 4.75. The molecule has 1 unspecified atom stereocenters. The van der Waals surface area contributed by atoms with Crippen molar-refractivity contribution >= 4 is 29.9 Å². The fourth-order valence-electron chi connectivity index (χ4n) is 3.35. The molecule has 1 aromatic carbocycles. The second kappa shape index (κ2) is 13.3. The molecule has 2 rings (SSSR count). The predicted molar refractivity (Wildman–Crippen MR) is 125 cm³/mol. The summed E-state index contributed by atoms with van der Waals surface area (Å²) in [6.45, 7) is 14.0. The summed E-state index contributed by atoms with van der Waals surface area (Å²) in [6.07, 6.45) is 2.83. The zero-order valence-electron chi connectivity index (χ0n) is 17.3. The maximum atomic E-state index is 5.70. The normalized spacial score (nSPS) is 17.8. The molecule has 0 radical (unpaired) electrons. The minimum Gasteiger partial charge on any atom is -0.374 e. The Morgan fingerprint density at radius 3 is 2.74 bits per heavy atom. The first-order chi connectivity index (χ1) is 12.6. The number of benzene rings is 1. The highest BCUT2D eigenvalue weighted by Crippen LogP contribution is 2.15. The van der Waals surface area contributed by atoms with E-state index < -0.39 is 0 Å². The summed E-state index contributed by atoms with van der Waals surface area (Å²) in [4.78, 5) is 7.32. The van der Waals surface area contributed by atoms with Crippen molar-refractivity contribution in [3.05, 3.63) is 35.4 Å². The summed E-state index contributed by atoms with van der Waals surface area (Å²) < 4.78 is 5.70. The van der Waals surface area contributed by atoms with E-state index in [1.54, 1.807) is 0 Å². The van der Waals surface area contributed by atoms with Crippen LogP contribution in [0.5, 0.6) is 0 Å². The number of hydrogen-bond donors (Lipinski definition) is 2. The van der Waals surface area contributed by atoms with Crippen molar-refractivity contribution in [3.63, 3.8) is 0 Å². The van der Waals surface area contributed by atoms with Crippen LogP contribution in [0.15, 0.2) is 29.3 Å². The number of ether oxygens (including phenoxy) is 1. The lowest BCUT2D eigenvalue weighted by Crippen LogP contribution is -2.44. The molecule has 1 atom stereocenters. The molecule has 154 valence electrons. The lowest BCUT2D eigenvalue weighted by atomic mass is 10.1. The Balaban J connectivity index is 0.00000364. The van der Waals surface area contributed by atoms with Gasteiger partial charge >= 0.3 is 0 Å². The first-order valence-corrected chi connectivity index (χ1v) is 10.1. The predicted octanol–water partition coefficient (Wildman–Crippen LogP) is 3.77. The molecule has 6 heteroatoms. The number of halogens is 1. The highest BCUT2D eigenvalue weighted by atomic mass is 127. The summed E-state index contributed by atoms with van der Waals surface area (Å²) >= 11 is 0. The third kappa shape index (κ3) is 8.79. The summed E-state index contributed by atoms with van der Waals surface area (Å²) in [6, 6.07) is 9.13. The van der Waals surface area contributed by atoms with Gasteiger partial charge in [-0.3, -0.25) is 4.90 Å². The molecule has 0 spiro atoms. The van der Waals surface area contributed by atoms with Crippen molar-refractivity contribution in [2.24, 2.45) is 4.99 Å². The van der Waals surface area contributed by atoms with Gasteiger partial charge in [-0.05, 0) is 57.8 Å². The van der Waals surface area contributed by atoms with Gasteiger partial charge in [-0.25, -0.2) is 4.99 Å². The molecule has 27 heavy (non-hydrogen) atoms. The topological polar surface area (TPSA) is 48.9 Å². The maximum Gasteiger partial charge on any atom is 0.191 e. The third-order valence-electron chi connectivity index (χ3n) is 4.75. The van der Waals surface area contributed by atoms with Crippen molar-refractivity contribution in [3.8, 4) is 0 Å². The molecule has 1 aliphatic heterocycles. The Hall–Kier alpha value is -0.860. The van der Waals surface area contributed by atoms with Gasteiger partial charge in [-0.15, -0.1) is 24.0 Å². The highest BCUT2D eigenvalue weighted by Gasteiger charge is 2.22. The zero-order valence-corrected chi connectivity index (χ0v) is 19.7. The molecule has 1 saturated heterocycles. The van der Waals surface area contributed by atoms with Gasteiger partial charge in [0, 0.05) is 19.1 Å². The minimum atomic E-state index is 0. The number of aliphatic imine (C=N–C) groups is 1. The number of guanidine groups is 1. The van der Waals surface area contributed by atoms with E-state index in [2.05, 4.69) is 67.5 Å². The van der Waals surface area contributed by atoms with E-state index in [1.807, 2.05) is 0 Å². The number of rotatable bonds is 9. The van der Waals surface area contributed by atoms with Crippen molar-refractivity contribution in [1.82, 2.24) is 15.5 Å². The van der Waals surface area contributed by atoms with Gasteiger partial charge < -0.3 is 15.4 Å². The van der Waals surface area contributed by atoms with Crippen molar-refractivity contribution in [2.75, 3.05) is 26.2 Å². The van der Waals surface area contributed by atoms with E-state index in [9.17, 15) is 0 Å². The van der Waals surface area contributed by atoms with Crippen LogP contribution < -0.4 is 10.6 Å². The van der Waals surface area contributed by atoms with Crippen LogP contribution in [0.25, 0.3) is 0 Å². The molecule has 1 aliphatic rings. The second-order valence-electron chi connectivity index (χ2n) is 7.18. The van der Waals surface area contributed by atoms with Gasteiger partial charge in [-0.2, -0.15) is 0 Å². The van der Waals surface area contributed by atoms with E-state index in [-0.39, 0.29) is 30.1 Å². The lowest BCUT2D eigenvalue weighted by Gasteiger charge is -2.24. The van der Waals surface area contributed by atoms with Crippen LogP contribution in [0.2, 0.25) is 0 Å². The second-order valence-corrected chi connectivity index (χ2v) is 7.18. The van der Waals surface area contributed by atoms with Crippen LogP contribution in [0, 0.1) is 0 Å². The van der Waals surface area contributed by atoms with Crippen LogP contribution in [-0.2, 0) is 17.9 Å². The number of nitrogens with zero attached hydrogens (tertiary/aromatic N) is 2. The van der Waals surface area contributed by atoms with E-state index >= 15 is 0 Å². The fourth-order valence-corrected chi connectivity index (χ4v) is 3.35. The molecule has 0 aromatic heterocycles. The van der Waals surface area contributed by atoms with Gasteiger partial charge in [0.2, 0.25) is 0 Å². The van der Waals surface area contributed by atoms with E-state index in [0.717, 1.165) is 25.6 Å². The molecular formula is C21H37IN4O. The molecular weight excluding hydrogens is 451 g/mol. The standard InChI is InChI=1S/C21H36N4O.HI/c1-5-22-21(24-15-20-11-8-12-25(20)6-2)23-14-18-9-7-10-19(13-18)16-26-17(3)4;/h7,9-10,13,17,20H,5-6,8,11-12,14-16H2,1-4H3,(H2,22,23,24);1H. The highest BCUT2D eigenvalue weighted by molar-refractivity contribution is 14.0. The first kappa shape index (κ1) is 24.2. The van der Waals surface area contributed by atoms with Gasteiger partial charge in [0.25, 0.3) is 0 Å². The fraction of sp³-hybridized carbons (Fsp3) is 0.667. The Morgan fingerprint density at radius 1 is 1.26 bits per heavy atom. The van der Waals surface area contributed by atoms with Gasteiger partial charge in [0.05, 0.1) is 19.3 Å². The van der Waals surface area contributed by atoms with Crippen LogP contribution in [0.1, 0.15) is 51.7 Å². The number of likely N-dealkylation sites (N-methyl/N-ethyl adjacent to an activating group) is 1. The molecule has 1 fully saturated rings. The van der Waals surface area contributed by atoms with E-state index in [4.69, 9.17) is 9.73 Å². The Bertz CT molecular complexity index is 565. The van der Waals surface area contributed by atoms with Gasteiger partial charge in [0.1, 0.15) is 0 Å².